The molecule has 0 aliphatic heterocycles. The van der Waals surface area contributed by atoms with Gasteiger partial charge in [-0.15, -0.1) is 0 Å². The number of rotatable bonds is 7. The first kappa shape index (κ1) is 24.9. The van der Waals surface area contributed by atoms with Crippen LogP contribution in [0.25, 0.3) is 5.70 Å². The standard InChI is InChI=1S/C25H22ClF2N3O3/c1-15(2)23(17-8-10-18(26)11-9-17)31-34-14-16-6-12-19(13-7-16)29-25(33)30-24(32)22-20(27)4-3-5-21(22)28/h3-13,31H,14H2,1-2H3,(H2,29,30,32,33). The van der Waals surface area contributed by atoms with Crippen LogP contribution in [-0.2, 0) is 11.4 Å². The van der Waals surface area contributed by atoms with Crippen LogP contribution in [0.15, 0.2) is 72.3 Å². The summed E-state index contributed by atoms with van der Waals surface area (Å²) in [5.41, 5.74) is 6.09. The first-order valence-corrected chi connectivity index (χ1v) is 10.6. The van der Waals surface area contributed by atoms with Gasteiger partial charge in [-0.05, 0) is 61.4 Å². The van der Waals surface area contributed by atoms with Gasteiger partial charge in [-0.25, -0.2) is 13.6 Å². The molecule has 0 aliphatic carbocycles. The number of hydrogen-bond donors (Lipinski definition) is 3. The molecule has 9 heteroatoms. The first-order chi connectivity index (χ1) is 16.2. The average molecular weight is 486 g/mol. The van der Waals surface area contributed by atoms with Crippen LogP contribution in [0.3, 0.4) is 0 Å². The van der Waals surface area contributed by atoms with E-state index < -0.39 is 29.1 Å². The lowest BCUT2D eigenvalue weighted by molar-refractivity contribution is 0.0642. The van der Waals surface area contributed by atoms with Crippen molar-refractivity contribution < 1.29 is 23.2 Å². The molecule has 0 saturated carbocycles. The molecular formula is C25H22ClF2N3O3. The molecule has 0 radical (unpaired) electrons. The van der Waals surface area contributed by atoms with Gasteiger partial charge in [0.1, 0.15) is 17.2 Å². The zero-order valence-corrected chi connectivity index (χ0v) is 19.2. The van der Waals surface area contributed by atoms with Crippen molar-refractivity contribution in [2.75, 3.05) is 5.32 Å². The highest BCUT2D eigenvalue weighted by atomic mass is 35.5. The molecule has 0 fully saturated rings. The molecule has 0 bridgehead atoms. The molecule has 0 unspecified atom stereocenters. The Balaban J connectivity index is 1.52. The van der Waals surface area contributed by atoms with E-state index in [0.717, 1.165) is 40.6 Å². The zero-order valence-electron chi connectivity index (χ0n) is 18.4. The number of carbonyl (C=O) groups excluding carboxylic acids is 2. The lowest BCUT2D eigenvalue weighted by Crippen LogP contribution is -2.35. The molecule has 3 amide bonds. The Kier molecular flexibility index (Phi) is 8.34. The Morgan fingerprint density at radius 3 is 2.12 bits per heavy atom. The predicted molar refractivity (Wildman–Crippen MR) is 127 cm³/mol. The van der Waals surface area contributed by atoms with E-state index in [1.807, 2.05) is 31.3 Å². The van der Waals surface area contributed by atoms with Gasteiger partial charge < -0.3 is 5.32 Å². The van der Waals surface area contributed by atoms with Crippen molar-refractivity contribution in [2.24, 2.45) is 0 Å². The number of carbonyl (C=O) groups is 2. The second-order valence-electron chi connectivity index (χ2n) is 7.47. The fourth-order valence-corrected chi connectivity index (χ4v) is 3.11. The van der Waals surface area contributed by atoms with E-state index in [-0.39, 0.29) is 6.61 Å². The molecule has 0 aromatic heterocycles. The summed E-state index contributed by atoms with van der Waals surface area (Å²) in [6, 6.07) is 16.1. The van der Waals surface area contributed by atoms with Crippen LogP contribution in [-0.4, -0.2) is 11.9 Å². The number of allylic oxidation sites excluding steroid dienone is 1. The van der Waals surface area contributed by atoms with Crippen LogP contribution in [0.5, 0.6) is 0 Å². The van der Waals surface area contributed by atoms with Crippen LogP contribution in [0.1, 0.15) is 35.3 Å². The van der Waals surface area contributed by atoms with Gasteiger partial charge >= 0.3 is 6.03 Å². The SMILES string of the molecule is CC(C)=C(NOCc1ccc(NC(=O)NC(=O)c2c(F)cccc2F)cc1)c1ccc(Cl)cc1. The van der Waals surface area contributed by atoms with Crippen molar-refractivity contribution in [3.8, 4) is 0 Å². The van der Waals surface area contributed by atoms with Gasteiger partial charge in [0.2, 0.25) is 0 Å². The van der Waals surface area contributed by atoms with Gasteiger partial charge in [0, 0.05) is 10.7 Å². The molecule has 0 spiro atoms. The summed E-state index contributed by atoms with van der Waals surface area (Å²) in [5, 5.41) is 4.98. The van der Waals surface area contributed by atoms with Crippen molar-refractivity contribution in [3.05, 3.63) is 106 Å². The Hall–Kier alpha value is -3.75. The molecular weight excluding hydrogens is 464 g/mol. The van der Waals surface area contributed by atoms with Crippen LogP contribution in [0, 0.1) is 11.6 Å². The molecule has 3 aromatic rings. The number of imide groups is 1. The fourth-order valence-electron chi connectivity index (χ4n) is 2.98. The minimum Gasteiger partial charge on any atom is -0.308 e. The normalized spacial score (nSPS) is 10.4. The Morgan fingerprint density at radius 1 is 0.912 bits per heavy atom. The van der Waals surface area contributed by atoms with E-state index in [9.17, 15) is 18.4 Å². The molecule has 3 rings (SSSR count). The molecule has 3 aromatic carbocycles. The largest absolute Gasteiger partial charge is 0.326 e. The van der Waals surface area contributed by atoms with Crippen LogP contribution < -0.4 is 16.1 Å². The van der Waals surface area contributed by atoms with Crippen LogP contribution in [0.2, 0.25) is 5.02 Å². The van der Waals surface area contributed by atoms with Gasteiger partial charge in [0.15, 0.2) is 0 Å². The fraction of sp³-hybridized carbons (Fsp3) is 0.120. The third kappa shape index (κ3) is 6.63. The average Bonchev–Trinajstić information content (AvgIpc) is 2.78. The summed E-state index contributed by atoms with van der Waals surface area (Å²) in [4.78, 5) is 29.6. The maximum absolute atomic E-state index is 13.7. The minimum atomic E-state index is -1.18. The van der Waals surface area contributed by atoms with Gasteiger partial charge in [-0.1, -0.05) is 47.5 Å². The second kappa shape index (κ2) is 11.4. The Labute approximate surface area is 200 Å². The number of anilines is 1. The van der Waals surface area contributed by atoms with E-state index >= 15 is 0 Å². The van der Waals surface area contributed by atoms with Crippen LogP contribution in [0.4, 0.5) is 19.3 Å². The summed E-state index contributed by atoms with van der Waals surface area (Å²) in [6.07, 6.45) is 0. The number of amides is 3. The molecule has 0 saturated heterocycles. The van der Waals surface area contributed by atoms with E-state index in [0.29, 0.717) is 10.7 Å². The Bertz CT molecular complexity index is 1190. The second-order valence-corrected chi connectivity index (χ2v) is 7.91. The van der Waals surface area contributed by atoms with Gasteiger partial charge in [0.05, 0.1) is 12.3 Å². The number of hydrogen-bond acceptors (Lipinski definition) is 4. The number of halogens is 3. The summed E-state index contributed by atoms with van der Waals surface area (Å²) in [7, 11) is 0. The maximum Gasteiger partial charge on any atom is 0.326 e. The molecule has 34 heavy (non-hydrogen) atoms. The molecule has 3 N–H and O–H groups in total. The summed E-state index contributed by atoms with van der Waals surface area (Å²) < 4.78 is 27.3. The first-order valence-electron chi connectivity index (χ1n) is 10.2. The molecule has 0 heterocycles. The summed E-state index contributed by atoms with van der Waals surface area (Å²) in [5.74, 6) is -3.30. The van der Waals surface area contributed by atoms with Crippen molar-refractivity contribution in [1.29, 1.82) is 0 Å². The smallest absolute Gasteiger partial charge is 0.308 e. The van der Waals surface area contributed by atoms with Gasteiger partial charge in [-0.2, -0.15) is 0 Å². The number of hydroxylamine groups is 1. The highest BCUT2D eigenvalue weighted by Crippen LogP contribution is 2.19. The highest BCUT2D eigenvalue weighted by Gasteiger charge is 2.19. The van der Waals surface area contributed by atoms with Gasteiger partial charge in [0.25, 0.3) is 5.91 Å². The molecule has 0 aliphatic rings. The van der Waals surface area contributed by atoms with E-state index in [4.69, 9.17) is 16.4 Å². The number of benzene rings is 3. The highest BCUT2D eigenvalue weighted by molar-refractivity contribution is 6.30. The Morgan fingerprint density at radius 2 is 1.53 bits per heavy atom. The van der Waals surface area contributed by atoms with Crippen molar-refractivity contribution >= 4 is 34.9 Å². The monoisotopic (exact) mass is 485 g/mol. The summed E-state index contributed by atoms with van der Waals surface area (Å²) >= 11 is 5.95. The number of nitrogens with one attached hydrogen (secondary N) is 3. The topological polar surface area (TPSA) is 79.5 Å². The third-order valence-electron chi connectivity index (χ3n) is 4.67. The van der Waals surface area contributed by atoms with E-state index in [1.54, 1.807) is 36.4 Å². The van der Waals surface area contributed by atoms with E-state index in [2.05, 4.69) is 10.8 Å². The molecule has 176 valence electrons. The van der Waals surface area contributed by atoms with Crippen molar-refractivity contribution in [1.82, 2.24) is 10.8 Å². The van der Waals surface area contributed by atoms with E-state index in [1.165, 1.54) is 0 Å². The quantitative estimate of drug-likeness (QED) is 0.356. The third-order valence-corrected chi connectivity index (χ3v) is 4.93. The van der Waals surface area contributed by atoms with Crippen molar-refractivity contribution in [2.45, 2.75) is 20.5 Å². The lowest BCUT2D eigenvalue weighted by Gasteiger charge is -2.14. The maximum atomic E-state index is 13.7. The van der Waals surface area contributed by atoms with Crippen molar-refractivity contribution in [3.63, 3.8) is 0 Å². The molecule has 0 atom stereocenters. The predicted octanol–water partition coefficient (Wildman–Crippen LogP) is 6.05. The summed E-state index contributed by atoms with van der Waals surface area (Å²) in [6.45, 7) is 4.15. The molecule has 6 nitrogen and oxygen atoms in total. The zero-order chi connectivity index (χ0) is 24.7. The van der Waals surface area contributed by atoms with Gasteiger partial charge in [-0.3, -0.25) is 20.4 Å². The van der Waals surface area contributed by atoms with Crippen LogP contribution >= 0.6 is 11.6 Å². The minimum absolute atomic E-state index is 0.238. The lowest BCUT2D eigenvalue weighted by atomic mass is 10.1. The number of urea groups is 1.